The van der Waals surface area contributed by atoms with Crippen LogP contribution < -0.4 is 5.73 Å². The van der Waals surface area contributed by atoms with E-state index in [4.69, 9.17) is 10.7 Å². The molecule has 3 heteroatoms. The third-order valence-electron chi connectivity index (χ3n) is 3.29. The van der Waals surface area contributed by atoms with Gasteiger partial charge in [0, 0.05) is 13.0 Å². The first-order valence-electron chi connectivity index (χ1n) is 7.01. The molecular weight excluding hydrogens is 222 g/mol. The van der Waals surface area contributed by atoms with Crippen LogP contribution in [0.15, 0.2) is 24.3 Å². The number of nitrogens with two attached hydrogens (primary N) is 1. The zero-order valence-electron chi connectivity index (χ0n) is 11.2. The Labute approximate surface area is 109 Å². The van der Waals surface area contributed by atoms with Crippen molar-refractivity contribution >= 4 is 11.0 Å². The van der Waals surface area contributed by atoms with Crippen molar-refractivity contribution in [2.75, 3.05) is 6.54 Å². The molecule has 0 spiro atoms. The summed E-state index contributed by atoms with van der Waals surface area (Å²) in [6.45, 7) is 4.07. The Morgan fingerprint density at radius 3 is 2.78 bits per heavy atom. The van der Waals surface area contributed by atoms with Gasteiger partial charge >= 0.3 is 0 Å². The maximum Gasteiger partial charge on any atom is 0.109 e. The lowest BCUT2D eigenvalue weighted by Gasteiger charge is -2.08. The van der Waals surface area contributed by atoms with Gasteiger partial charge in [0.2, 0.25) is 0 Å². The van der Waals surface area contributed by atoms with Crippen molar-refractivity contribution < 1.29 is 0 Å². The summed E-state index contributed by atoms with van der Waals surface area (Å²) in [4.78, 5) is 4.74. The maximum absolute atomic E-state index is 5.54. The smallest absolute Gasteiger partial charge is 0.109 e. The average molecular weight is 245 g/mol. The van der Waals surface area contributed by atoms with Crippen LogP contribution in [0.4, 0.5) is 0 Å². The highest BCUT2D eigenvalue weighted by Crippen LogP contribution is 2.18. The van der Waals surface area contributed by atoms with Crippen LogP contribution in [0.1, 0.15) is 38.4 Å². The molecule has 0 atom stereocenters. The number of aromatic nitrogens is 2. The number of benzene rings is 1. The second-order valence-corrected chi connectivity index (χ2v) is 4.77. The molecule has 0 saturated carbocycles. The second-order valence-electron chi connectivity index (χ2n) is 4.77. The monoisotopic (exact) mass is 245 g/mol. The maximum atomic E-state index is 5.54. The number of unbranched alkanes of at least 4 members (excludes halogenated alkanes) is 2. The van der Waals surface area contributed by atoms with E-state index in [2.05, 4.69) is 35.8 Å². The summed E-state index contributed by atoms with van der Waals surface area (Å²) >= 11 is 0. The Morgan fingerprint density at radius 2 is 2.00 bits per heavy atom. The van der Waals surface area contributed by atoms with Gasteiger partial charge in [0.05, 0.1) is 11.0 Å². The molecule has 1 aromatic heterocycles. The van der Waals surface area contributed by atoms with Crippen LogP contribution >= 0.6 is 0 Å². The van der Waals surface area contributed by atoms with Gasteiger partial charge in [-0.1, -0.05) is 25.5 Å². The molecule has 0 fully saturated rings. The summed E-state index contributed by atoms with van der Waals surface area (Å²) in [7, 11) is 0. The van der Waals surface area contributed by atoms with Gasteiger partial charge in [-0.2, -0.15) is 0 Å². The first-order valence-corrected chi connectivity index (χ1v) is 7.01. The van der Waals surface area contributed by atoms with E-state index in [0.29, 0.717) is 0 Å². The molecular formula is C15H23N3. The number of fused-ring (bicyclic) bond motifs is 1. The van der Waals surface area contributed by atoms with Crippen molar-refractivity contribution in [3.8, 4) is 0 Å². The quantitative estimate of drug-likeness (QED) is 0.762. The van der Waals surface area contributed by atoms with Crippen molar-refractivity contribution in [2.45, 2.75) is 45.6 Å². The molecule has 0 saturated heterocycles. The molecule has 3 nitrogen and oxygen atoms in total. The standard InChI is InChI=1S/C15H23N3/c1-2-8-15-17-13-9-4-5-10-14(13)18(15)12-7-3-6-11-16/h4-5,9-10H,2-3,6-8,11-12,16H2,1H3. The Bertz CT molecular complexity index is 487. The molecule has 2 N–H and O–H groups in total. The fourth-order valence-corrected chi connectivity index (χ4v) is 2.38. The minimum absolute atomic E-state index is 0.798. The molecule has 0 aliphatic carbocycles. The van der Waals surface area contributed by atoms with Crippen molar-refractivity contribution in [1.29, 1.82) is 0 Å². The van der Waals surface area contributed by atoms with Gasteiger partial charge in [-0.3, -0.25) is 0 Å². The van der Waals surface area contributed by atoms with E-state index >= 15 is 0 Å². The molecule has 0 bridgehead atoms. The van der Waals surface area contributed by atoms with Gasteiger partial charge in [-0.15, -0.1) is 0 Å². The van der Waals surface area contributed by atoms with E-state index < -0.39 is 0 Å². The van der Waals surface area contributed by atoms with Crippen LogP contribution in [-0.2, 0) is 13.0 Å². The number of rotatable bonds is 7. The zero-order chi connectivity index (χ0) is 12.8. The lowest BCUT2D eigenvalue weighted by Crippen LogP contribution is -2.05. The molecule has 0 amide bonds. The van der Waals surface area contributed by atoms with E-state index in [9.17, 15) is 0 Å². The topological polar surface area (TPSA) is 43.8 Å². The molecule has 2 rings (SSSR count). The molecule has 0 radical (unpaired) electrons. The molecule has 98 valence electrons. The van der Waals surface area contributed by atoms with Crippen molar-refractivity contribution in [3.63, 3.8) is 0 Å². The predicted octanol–water partition coefficient (Wildman–Crippen LogP) is 3.12. The molecule has 1 heterocycles. The predicted molar refractivity (Wildman–Crippen MR) is 76.6 cm³/mol. The number of imidazole rings is 1. The highest BCUT2D eigenvalue weighted by molar-refractivity contribution is 5.75. The number of hydrogen-bond donors (Lipinski definition) is 1. The number of aryl methyl sites for hydroxylation is 2. The average Bonchev–Trinajstić information content (AvgIpc) is 2.73. The minimum atomic E-state index is 0.798. The first kappa shape index (κ1) is 13.1. The van der Waals surface area contributed by atoms with Crippen molar-refractivity contribution in [3.05, 3.63) is 30.1 Å². The zero-order valence-corrected chi connectivity index (χ0v) is 11.2. The largest absolute Gasteiger partial charge is 0.330 e. The molecule has 0 aliphatic rings. The third-order valence-corrected chi connectivity index (χ3v) is 3.29. The highest BCUT2D eigenvalue weighted by Gasteiger charge is 2.08. The fraction of sp³-hybridized carbons (Fsp3) is 0.533. The summed E-state index contributed by atoms with van der Waals surface area (Å²) < 4.78 is 2.38. The van der Waals surface area contributed by atoms with Crippen LogP contribution in [-0.4, -0.2) is 16.1 Å². The van der Waals surface area contributed by atoms with Crippen LogP contribution in [0.3, 0.4) is 0 Å². The van der Waals surface area contributed by atoms with Crippen LogP contribution in [0, 0.1) is 0 Å². The Morgan fingerprint density at radius 1 is 1.17 bits per heavy atom. The highest BCUT2D eigenvalue weighted by atomic mass is 15.1. The summed E-state index contributed by atoms with van der Waals surface area (Å²) in [6.07, 6.45) is 5.72. The van der Waals surface area contributed by atoms with E-state index in [-0.39, 0.29) is 0 Å². The van der Waals surface area contributed by atoms with E-state index in [1.54, 1.807) is 0 Å². The molecule has 1 aromatic carbocycles. The third kappa shape index (κ3) is 2.91. The van der Waals surface area contributed by atoms with E-state index in [1.807, 2.05) is 0 Å². The van der Waals surface area contributed by atoms with Crippen LogP contribution in [0.25, 0.3) is 11.0 Å². The lowest BCUT2D eigenvalue weighted by atomic mass is 10.2. The normalized spacial score (nSPS) is 11.2. The fourth-order valence-electron chi connectivity index (χ4n) is 2.38. The molecule has 2 aromatic rings. The molecule has 0 aliphatic heterocycles. The van der Waals surface area contributed by atoms with Crippen LogP contribution in [0.2, 0.25) is 0 Å². The van der Waals surface area contributed by atoms with Gasteiger partial charge in [0.25, 0.3) is 0 Å². The summed E-state index contributed by atoms with van der Waals surface area (Å²) in [5.74, 6) is 1.23. The Balaban J connectivity index is 2.19. The first-order chi connectivity index (χ1) is 8.86. The number of para-hydroxylation sites is 2. The summed E-state index contributed by atoms with van der Waals surface area (Å²) in [5, 5.41) is 0. The van der Waals surface area contributed by atoms with Gasteiger partial charge in [-0.25, -0.2) is 4.98 Å². The van der Waals surface area contributed by atoms with Gasteiger partial charge in [-0.05, 0) is 37.9 Å². The SMILES string of the molecule is CCCc1nc2ccccc2n1CCCCCN. The molecule has 18 heavy (non-hydrogen) atoms. The Kier molecular flexibility index (Phi) is 4.76. The number of nitrogens with zero attached hydrogens (tertiary/aromatic N) is 2. The molecule has 0 unspecified atom stereocenters. The number of hydrogen-bond acceptors (Lipinski definition) is 2. The van der Waals surface area contributed by atoms with Crippen molar-refractivity contribution in [2.24, 2.45) is 5.73 Å². The van der Waals surface area contributed by atoms with Crippen molar-refractivity contribution in [1.82, 2.24) is 9.55 Å². The second kappa shape index (κ2) is 6.55. The van der Waals surface area contributed by atoms with Gasteiger partial charge < -0.3 is 10.3 Å². The van der Waals surface area contributed by atoms with Crippen LogP contribution in [0.5, 0.6) is 0 Å². The van der Waals surface area contributed by atoms with Gasteiger partial charge in [0.15, 0.2) is 0 Å². The van der Waals surface area contributed by atoms with Gasteiger partial charge in [0.1, 0.15) is 5.82 Å². The lowest BCUT2D eigenvalue weighted by molar-refractivity contribution is 0.579. The van der Waals surface area contributed by atoms with E-state index in [0.717, 1.165) is 37.9 Å². The minimum Gasteiger partial charge on any atom is -0.330 e. The Hall–Kier alpha value is -1.35. The van der Waals surface area contributed by atoms with E-state index in [1.165, 1.54) is 24.2 Å². The summed E-state index contributed by atoms with van der Waals surface area (Å²) in [6, 6.07) is 8.43. The summed E-state index contributed by atoms with van der Waals surface area (Å²) in [5.41, 5.74) is 7.93.